The zero-order valence-corrected chi connectivity index (χ0v) is 12.1. The van der Waals surface area contributed by atoms with Crippen molar-refractivity contribution < 1.29 is 0 Å². The highest BCUT2D eigenvalue weighted by atomic mass is 15.3. The van der Waals surface area contributed by atoms with E-state index in [-0.39, 0.29) is 0 Å². The van der Waals surface area contributed by atoms with Crippen molar-refractivity contribution in [2.75, 3.05) is 5.32 Å². The van der Waals surface area contributed by atoms with Gasteiger partial charge in [0.2, 0.25) is 0 Å². The van der Waals surface area contributed by atoms with E-state index in [4.69, 9.17) is 0 Å². The van der Waals surface area contributed by atoms with Gasteiger partial charge in [0.25, 0.3) is 0 Å². The SMILES string of the molecule is CCCC1CCC(Nc2cn(C)nc2CC)CC1. The van der Waals surface area contributed by atoms with Crippen LogP contribution in [0, 0.1) is 5.92 Å². The fraction of sp³-hybridized carbons (Fsp3) is 0.800. The molecule has 1 aromatic rings. The molecule has 1 fully saturated rings. The lowest BCUT2D eigenvalue weighted by Crippen LogP contribution is -2.26. The van der Waals surface area contributed by atoms with E-state index in [2.05, 4.69) is 30.5 Å². The van der Waals surface area contributed by atoms with Crippen LogP contribution < -0.4 is 5.32 Å². The van der Waals surface area contributed by atoms with E-state index in [0.29, 0.717) is 6.04 Å². The minimum Gasteiger partial charge on any atom is -0.380 e. The number of rotatable bonds is 5. The van der Waals surface area contributed by atoms with Crippen LogP contribution in [0.2, 0.25) is 0 Å². The predicted octanol–water partition coefficient (Wildman–Crippen LogP) is 3.75. The summed E-state index contributed by atoms with van der Waals surface area (Å²) < 4.78 is 1.92. The van der Waals surface area contributed by atoms with Gasteiger partial charge in [-0.3, -0.25) is 4.68 Å². The molecule has 1 heterocycles. The zero-order valence-electron chi connectivity index (χ0n) is 12.1. The Balaban J connectivity index is 1.87. The Bertz CT molecular complexity index is 362. The molecule has 1 N–H and O–H groups in total. The van der Waals surface area contributed by atoms with Crippen LogP contribution in [0.4, 0.5) is 5.69 Å². The smallest absolute Gasteiger partial charge is 0.0853 e. The number of nitrogens with one attached hydrogen (secondary N) is 1. The van der Waals surface area contributed by atoms with Gasteiger partial charge in [-0.2, -0.15) is 5.10 Å². The summed E-state index contributed by atoms with van der Waals surface area (Å²) in [5.74, 6) is 0.979. The predicted molar refractivity (Wildman–Crippen MR) is 76.9 cm³/mol. The Hall–Kier alpha value is -0.990. The molecule has 0 amide bonds. The molecular weight excluding hydrogens is 222 g/mol. The molecule has 1 saturated carbocycles. The summed E-state index contributed by atoms with van der Waals surface area (Å²) in [6, 6.07) is 0.660. The maximum atomic E-state index is 4.49. The van der Waals surface area contributed by atoms with Crippen LogP contribution in [0.5, 0.6) is 0 Å². The Morgan fingerprint density at radius 2 is 2.00 bits per heavy atom. The van der Waals surface area contributed by atoms with Gasteiger partial charge in [-0.15, -0.1) is 0 Å². The van der Waals surface area contributed by atoms with Gasteiger partial charge in [-0.05, 0) is 38.0 Å². The van der Waals surface area contributed by atoms with E-state index in [9.17, 15) is 0 Å². The normalized spacial score (nSPS) is 24.2. The molecule has 1 aliphatic carbocycles. The van der Waals surface area contributed by atoms with Gasteiger partial charge < -0.3 is 5.32 Å². The van der Waals surface area contributed by atoms with Crippen molar-refractivity contribution in [1.82, 2.24) is 9.78 Å². The molecule has 0 bridgehead atoms. The molecular formula is C15H27N3. The second kappa shape index (κ2) is 6.26. The average Bonchev–Trinajstić information content (AvgIpc) is 2.72. The summed E-state index contributed by atoms with van der Waals surface area (Å²) >= 11 is 0. The van der Waals surface area contributed by atoms with Crippen molar-refractivity contribution in [1.29, 1.82) is 0 Å². The van der Waals surface area contributed by atoms with E-state index < -0.39 is 0 Å². The number of hydrogen-bond acceptors (Lipinski definition) is 2. The molecule has 1 aliphatic rings. The minimum atomic E-state index is 0.660. The van der Waals surface area contributed by atoms with Crippen molar-refractivity contribution in [3.63, 3.8) is 0 Å². The van der Waals surface area contributed by atoms with Crippen LogP contribution in [0.15, 0.2) is 6.20 Å². The van der Waals surface area contributed by atoms with Gasteiger partial charge >= 0.3 is 0 Å². The summed E-state index contributed by atoms with van der Waals surface area (Å²) in [4.78, 5) is 0. The quantitative estimate of drug-likeness (QED) is 0.861. The zero-order chi connectivity index (χ0) is 13.0. The second-order valence-corrected chi connectivity index (χ2v) is 5.67. The molecule has 0 radical (unpaired) electrons. The topological polar surface area (TPSA) is 29.9 Å². The molecule has 0 aromatic carbocycles. The Morgan fingerprint density at radius 3 is 2.61 bits per heavy atom. The van der Waals surface area contributed by atoms with Crippen LogP contribution in [0.3, 0.4) is 0 Å². The van der Waals surface area contributed by atoms with Gasteiger partial charge in [0.05, 0.1) is 11.4 Å². The Morgan fingerprint density at radius 1 is 1.28 bits per heavy atom. The molecule has 0 aliphatic heterocycles. The van der Waals surface area contributed by atoms with Gasteiger partial charge in [0.15, 0.2) is 0 Å². The van der Waals surface area contributed by atoms with Crippen molar-refractivity contribution in [3.8, 4) is 0 Å². The van der Waals surface area contributed by atoms with E-state index >= 15 is 0 Å². The summed E-state index contributed by atoms with van der Waals surface area (Å²) in [6.07, 6.45) is 11.3. The maximum absolute atomic E-state index is 4.49. The highest BCUT2D eigenvalue weighted by Gasteiger charge is 2.21. The molecule has 0 unspecified atom stereocenters. The Labute approximate surface area is 111 Å². The molecule has 0 atom stereocenters. The molecule has 102 valence electrons. The Kier molecular flexibility index (Phi) is 4.67. The van der Waals surface area contributed by atoms with Gasteiger partial charge in [0.1, 0.15) is 0 Å². The third-order valence-corrected chi connectivity index (χ3v) is 4.14. The third kappa shape index (κ3) is 3.27. The largest absolute Gasteiger partial charge is 0.380 e. The number of hydrogen-bond donors (Lipinski definition) is 1. The maximum Gasteiger partial charge on any atom is 0.0853 e. The fourth-order valence-electron chi connectivity index (χ4n) is 3.14. The molecule has 1 aromatic heterocycles. The summed E-state index contributed by atoms with van der Waals surface area (Å²) in [5.41, 5.74) is 2.45. The molecule has 2 rings (SSSR count). The first-order chi connectivity index (χ1) is 8.72. The summed E-state index contributed by atoms with van der Waals surface area (Å²) in [5, 5.41) is 8.19. The fourth-order valence-corrected chi connectivity index (χ4v) is 3.14. The second-order valence-electron chi connectivity index (χ2n) is 5.67. The van der Waals surface area contributed by atoms with Gasteiger partial charge in [0, 0.05) is 19.3 Å². The molecule has 18 heavy (non-hydrogen) atoms. The van der Waals surface area contributed by atoms with E-state index in [1.54, 1.807) is 0 Å². The number of nitrogens with zero attached hydrogens (tertiary/aromatic N) is 2. The number of aromatic nitrogens is 2. The average molecular weight is 249 g/mol. The number of aryl methyl sites for hydroxylation is 2. The summed E-state index contributed by atoms with van der Waals surface area (Å²) in [6.45, 7) is 4.47. The van der Waals surface area contributed by atoms with Crippen molar-refractivity contribution in [2.45, 2.75) is 64.8 Å². The van der Waals surface area contributed by atoms with Crippen molar-refractivity contribution >= 4 is 5.69 Å². The van der Waals surface area contributed by atoms with E-state index in [1.807, 2.05) is 11.7 Å². The highest BCUT2D eigenvalue weighted by molar-refractivity contribution is 5.47. The van der Waals surface area contributed by atoms with Gasteiger partial charge in [-0.25, -0.2) is 0 Å². The lowest BCUT2D eigenvalue weighted by molar-refractivity contribution is 0.319. The van der Waals surface area contributed by atoms with Crippen LogP contribution in [-0.2, 0) is 13.5 Å². The first-order valence-electron chi connectivity index (χ1n) is 7.52. The lowest BCUT2D eigenvalue weighted by Gasteiger charge is -2.29. The van der Waals surface area contributed by atoms with Crippen LogP contribution in [0.25, 0.3) is 0 Å². The lowest BCUT2D eigenvalue weighted by atomic mass is 9.83. The minimum absolute atomic E-state index is 0.660. The van der Waals surface area contributed by atoms with E-state index in [1.165, 1.54) is 49.9 Å². The molecule has 0 saturated heterocycles. The van der Waals surface area contributed by atoms with Gasteiger partial charge in [-0.1, -0.05) is 26.7 Å². The molecule has 3 heteroatoms. The molecule has 0 spiro atoms. The van der Waals surface area contributed by atoms with Crippen LogP contribution in [0.1, 0.15) is 58.1 Å². The van der Waals surface area contributed by atoms with Crippen molar-refractivity contribution in [3.05, 3.63) is 11.9 Å². The highest BCUT2D eigenvalue weighted by Crippen LogP contribution is 2.30. The molecule has 3 nitrogen and oxygen atoms in total. The third-order valence-electron chi connectivity index (χ3n) is 4.14. The van der Waals surface area contributed by atoms with Crippen LogP contribution >= 0.6 is 0 Å². The monoisotopic (exact) mass is 249 g/mol. The summed E-state index contributed by atoms with van der Waals surface area (Å²) in [7, 11) is 2.00. The van der Waals surface area contributed by atoms with Crippen molar-refractivity contribution in [2.24, 2.45) is 13.0 Å². The number of anilines is 1. The first-order valence-corrected chi connectivity index (χ1v) is 7.52. The van der Waals surface area contributed by atoms with E-state index in [0.717, 1.165) is 12.3 Å². The standard InChI is InChI=1S/C15H27N3/c1-4-6-12-7-9-13(10-8-12)16-15-11-18(3)17-14(15)5-2/h11-13,16H,4-10H2,1-3H3. The first kappa shape index (κ1) is 13.4. The van der Waals surface area contributed by atoms with Crippen LogP contribution in [-0.4, -0.2) is 15.8 Å².